The van der Waals surface area contributed by atoms with Gasteiger partial charge in [-0.2, -0.15) is 0 Å². The Morgan fingerprint density at radius 1 is 0.733 bits per heavy atom. The molecular weight excluding hydrogens is 384 g/mol. The molecule has 0 bridgehead atoms. The summed E-state index contributed by atoms with van der Waals surface area (Å²) in [5, 5.41) is 1.34. The first-order valence-corrected chi connectivity index (χ1v) is 10.5. The summed E-state index contributed by atoms with van der Waals surface area (Å²) in [6.07, 6.45) is -0.335. The molecule has 0 aliphatic heterocycles. The zero-order valence-electron chi connectivity index (χ0n) is 18.8. The van der Waals surface area contributed by atoms with Crippen LogP contribution in [0.2, 0.25) is 0 Å². The lowest BCUT2D eigenvalue weighted by atomic mass is 10.0. The van der Waals surface area contributed by atoms with Crippen molar-refractivity contribution in [2.75, 3.05) is 33.3 Å². The van der Waals surface area contributed by atoms with Gasteiger partial charge in [-0.05, 0) is 34.1 Å². The normalized spacial score (nSPS) is 10.6. The topological polar surface area (TPSA) is 68.3 Å². The molecule has 7 heteroatoms. The predicted molar refractivity (Wildman–Crippen MR) is 118 cm³/mol. The molecule has 2 amide bonds. The number of carbonyl (C=O) groups excluding carboxylic acids is 2. The molecule has 0 heterocycles. The number of hydrogen-bond donors (Lipinski definition) is 0. The zero-order valence-corrected chi connectivity index (χ0v) is 18.8. The lowest BCUT2D eigenvalue weighted by molar-refractivity contribution is 0.154. The molecule has 164 valence electrons. The third kappa shape index (κ3) is 4.61. The SMILES string of the molecule is CCc1c(OC)c(OC(=O)N(CC)CC)c2ccccc2c1OC(=O)N(CC)CC. The van der Waals surface area contributed by atoms with E-state index in [1.807, 2.05) is 58.9 Å². The fraction of sp³-hybridized carbons (Fsp3) is 0.478. The van der Waals surface area contributed by atoms with Gasteiger partial charge in [-0.3, -0.25) is 0 Å². The zero-order chi connectivity index (χ0) is 22.3. The van der Waals surface area contributed by atoms with Gasteiger partial charge in [0.05, 0.1) is 7.11 Å². The van der Waals surface area contributed by atoms with Crippen LogP contribution in [0.1, 0.15) is 40.2 Å². The van der Waals surface area contributed by atoms with Gasteiger partial charge in [-0.25, -0.2) is 9.59 Å². The van der Waals surface area contributed by atoms with Crippen LogP contribution in [0.3, 0.4) is 0 Å². The summed E-state index contributed by atoms with van der Waals surface area (Å²) in [5.41, 5.74) is 0.680. The van der Waals surface area contributed by atoms with Gasteiger partial charge >= 0.3 is 12.2 Å². The van der Waals surface area contributed by atoms with Crippen LogP contribution in [0, 0.1) is 0 Å². The molecule has 30 heavy (non-hydrogen) atoms. The molecule has 2 aromatic rings. The largest absolute Gasteiger partial charge is 0.492 e. The van der Waals surface area contributed by atoms with Crippen molar-refractivity contribution in [3.05, 3.63) is 29.8 Å². The fourth-order valence-electron chi connectivity index (χ4n) is 3.43. The third-order valence-corrected chi connectivity index (χ3v) is 5.15. The Balaban J connectivity index is 2.68. The van der Waals surface area contributed by atoms with Gasteiger partial charge in [-0.1, -0.05) is 31.2 Å². The number of amides is 2. The summed E-state index contributed by atoms with van der Waals surface area (Å²) >= 11 is 0. The molecule has 0 saturated carbocycles. The Hall–Kier alpha value is -2.96. The Bertz CT molecular complexity index is 816. The van der Waals surface area contributed by atoms with Crippen molar-refractivity contribution in [1.29, 1.82) is 0 Å². The summed E-state index contributed by atoms with van der Waals surface area (Å²) in [6, 6.07) is 7.39. The molecule has 2 rings (SSSR count). The molecule has 0 fully saturated rings. The molecule has 0 aliphatic rings. The van der Waals surface area contributed by atoms with E-state index >= 15 is 0 Å². The molecule has 0 saturated heterocycles. The number of benzene rings is 2. The van der Waals surface area contributed by atoms with Crippen LogP contribution < -0.4 is 14.2 Å². The monoisotopic (exact) mass is 416 g/mol. The van der Waals surface area contributed by atoms with Crippen LogP contribution in [0.5, 0.6) is 17.2 Å². The first-order valence-electron chi connectivity index (χ1n) is 10.5. The van der Waals surface area contributed by atoms with Crippen molar-refractivity contribution in [2.24, 2.45) is 0 Å². The molecule has 0 aromatic heterocycles. The summed E-state index contributed by atoms with van der Waals surface area (Å²) in [7, 11) is 1.52. The highest BCUT2D eigenvalue weighted by atomic mass is 16.6. The van der Waals surface area contributed by atoms with E-state index in [1.165, 1.54) is 7.11 Å². The van der Waals surface area contributed by atoms with Crippen molar-refractivity contribution in [2.45, 2.75) is 41.0 Å². The van der Waals surface area contributed by atoms with Crippen molar-refractivity contribution >= 4 is 23.0 Å². The first-order chi connectivity index (χ1) is 14.5. The molecule has 0 aliphatic carbocycles. The Labute approximate surface area is 178 Å². The second-order valence-corrected chi connectivity index (χ2v) is 6.65. The number of fused-ring (bicyclic) bond motifs is 1. The number of nitrogens with zero attached hydrogens (tertiary/aromatic N) is 2. The van der Waals surface area contributed by atoms with Crippen molar-refractivity contribution in [3.63, 3.8) is 0 Å². The second-order valence-electron chi connectivity index (χ2n) is 6.65. The van der Waals surface area contributed by atoms with E-state index in [4.69, 9.17) is 14.2 Å². The van der Waals surface area contributed by atoms with E-state index in [2.05, 4.69) is 0 Å². The standard InChI is InChI=1S/C23H32N2O5/c1-7-16-19(29-22(26)24(8-2)9-3)17-14-12-13-15-18(17)21(20(16)28-6)30-23(27)25(10-4)11-5/h12-15H,7-11H2,1-6H3. The second kappa shape index (κ2) is 10.7. The highest BCUT2D eigenvalue weighted by Gasteiger charge is 2.26. The van der Waals surface area contributed by atoms with Gasteiger partial charge in [0, 0.05) is 42.5 Å². The van der Waals surface area contributed by atoms with Crippen LogP contribution in [-0.4, -0.2) is 55.3 Å². The van der Waals surface area contributed by atoms with E-state index in [0.29, 0.717) is 66.2 Å². The van der Waals surface area contributed by atoms with Crippen molar-refractivity contribution in [1.82, 2.24) is 9.80 Å². The maximum Gasteiger partial charge on any atom is 0.415 e. The van der Waals surface area contributed by atoms with Crippen LogP contribution in [0.15, 0.2) is 24.3 Å². The summed E-state index contributed by atoms with van der Waals surface area (Å²) in [6.45, 7) is 11.7. The fourth-order valence-corrected chi connectivity index (χ4v) is 3.43. The van der Waals surface area contributed by atoms with Crippen molar-refractivity contribution in [3.8, 4) is 17.2 Å². The molecule has 0 unspecified atom stereocenters. The van der Waals surface area contributed by atoms with E-state index in [-0.39, 0.29) is 0 Å². The first kappa shape index (κ1) is 23.3. The number of methoxy groups -OCH3 is 1. The molecule has 0 radical (unpaired) electrons. The lowest BCUT2D eigenvalue weighted by Gasteiger charge is -2.24. The predicted octanol–water partition coefficient (Wildman–Crippen LogP) is 5.09. The molecule has 7 nitrogen and oxygen atoms in total. The molecule has 0 atom stereocenters. The van der Waals surface area contributed by atoms with E-state index in [9.17, 15) is 9.59 Å². The number of ether oxygens (including phenoxy) is 3. The van der Waals surface area contributed by atoms with Gasteiger partial charge in [0.2, 0.25) is 0 Å². The molecule has 0 N–H and O–H groups in total. The van der Waals surface area contributed by atoms with Gasteiger partial charge in [0.15, 0.2) is 11.5 Å². The third-order valence-electron chi connectivity index (χ3n) is 5.15. The van der Waals surface area contributed by atoms with Crippen LogP contribution in [0.4, 0.5) is 9.59 Å². The van der Waals surface area contributed by atoms with Gasteiger partial charge in [0.25, 0.3) is 0 Å². The Kier molecular flexibility index (Phi) is 8.33. The smallest absolute Gasteiger partial charge is 0.415 e. The van der Waals surface area contributed by atoms with E-state index < -0.39 is 12.2 Å². The molecule has 0 spiro atoms. The van der Waals surface area contributed by atoms with E-state index in [1.54, 1.807) is 9.80 Å². The van der Waals surface area contributed by atoms with Crippen LogP contribution >= 0.6 is 0 Å². The quantitative estimate of drug-likeness (QED) is 0.599. The number of hydrogen-bond acceptors (Lipinski definition) is 5. The Morgan fingerprint density at radius 3 is 1.57 bits per heavy atom. The molecular formula is C23H32N2O5. The number of rotatable bonds is 8. The highest BCUT2D eigenvalue weighted by Crippen LogP contribution is 2.46. The minimum Gasteiger partial charge on any atom is -0.492 e. The Morgan fingerprint density at radius 2 is 1.17 bits per heavy atom. The van der Waals surface area contributed by atoms with Crippen LogP contribution in [-0.2, 0) is 6.42 Å². The van der Waals surface area contributed by atoms with E-state index in [0.717, 1.165) is 0 Å². The average Bonchev–Trinajstić information content (AvgIpc) is 2.76. The van der Waals surface area contributed by atoms with Crippen molar-refractivity contribution < 1.29 is 23.8 Å². The minimum absolute atomic E-state index is 0.337. The van der Waals surface area contributed by atoms with Gasteiger partial charge < -0.3 is 24.0 Å². The minimum atomic E-state index is -0.446. The maximum absolute atomic E-state index is 12.7. The van der Waals surface area contributed by atoms with Gasteiger partial charge in [0.1, 0.15) is 5.75 Å². The summed E-state index contributed by atoms with van der Waals surface area (Å²) < 4.78 is 17.3. The van der Waals surface area contributed by atoms with Crippen LogP contribution in [0.25, 0.3) is 10.8 Å². The number of carbonyl (C=O) groups is 2. The highest BCUT2D eigenvalue weighted by molar-refractivity contribution is 5.99. The summed E-state index contributed by atoms with van der Waals surface area (Å²) in [5.74, 6) is 1.17. The summed E-state index contributed by atoms with van der Waals surface area (Å²) in [4.78, 5) is 28.6. The maximum atomic E-state index is 12.7. The lowest BCUT2D eigenvalue weighted by Crippen LogP contribution is -2.34. The average molecular weight is 417 g/mol. The molecule has 2 aromatic carbocycles. The van der Waals surface area contributed by atoms with Gasteiger partial charge in [-0.15, -0.1) is 0 Å².